The molecule has 8 heteroatoms. The molecule has 0 saturated heterocycles. The lowest BCUT2D eigenvalue weighted by molar-refractivity contribution is -0.135. The summed E-state index contributed by atoms with van der Waals surface area (Å²) in [5.74, 6) is -0.973. The van der Waals surface area contributed by atoms with Gasteiger partial charge < -0.3 is 10.1 Å². The van der Waals surface area contributed by atoms with Crippen LogP contribution in [0.1, 0.15) is 29.2 Å². The van der Waals surface area contributed by atoms with Gasteiger partial charge in [-0.25, -0.2) is 4.79 Å². The molecule has 0 aliphatic carbocycles. The fourth-order valence-electron chi connectivity index (χ4n) is 3.10. The molecule has 168 valence electrons. The molecule has 0 unspecified atom stereocenters. The van der Waals surface area contributed by atoms with Gasteiger partial charge >= 0.3 is 5.97 Å². The summed E-state index contributed by atoms with van der Waals surface area (Å²) >= 11 is 1.09. The normalized spacial score (nSPS) is 11.8. The molecule has 1 amide bonds. The first-order chi connectivity index (χ1) is 15.8. The Morgan fingerprint density at radius 2 is 1.91 bits per heavy atom. The van der Waals surface area contributed by atoms with Crippen LogP contribution in [-0.4, -0.2) is 23.1 Å². The molecular formula is C25H23N3O4S. The Morgan fingerprint density at radius 3 is 2.58 bits per heavy atom. The van der Waals surface area contributed by atoms with Crippen molar-refractivity contribution in [3.05, 3.63) is 84.3 Å². The van der Waals surface area contributed by atoms with E-state index in [-0.39, 0.29) is 19.1 Å². The third-order valence-electron chi connectivity index (χ3n) is 4.98. The molecule has 2 aromatic carbocycles. The van der Waals surface area contributed by atoms with Gasteiger partial charge in [-0.05, 0) is 61.7 Å². The van der Waals surface area contributed by atoms with Crippen LogP contribution in [0, 0.1) is 25.2 Å². The quantitative estimate of drug-likeness (QED) is 0.567. The molecular weight excluding hydrogens is 438 g/mol. The average Bonchev–Trinajstić information content (AvgIpc) is 3.06. The lowest BCUT2D eigenvalue weighted by atomic mass is 10.1. The third-order valence-corrected chi connectivity index (χ3v) is 6.04. The fourth-order valence-corrected chi connectivity index (χ4v) is 4.13. The van der Waals surface area contributed by atoms with E-state index in [1.807, 2.05) is 32.0 Å². The minimum Gasteiger partial charge on any atom is -0.463 e. The Labute approximate surface area is 194 Å². The van der Waals surface area contributed by atoms with Crippen molar-refractivity contribution in [1.29, 1.82) is 5.26 Å². The summed E-state index contributed by atoms with van der Waals surface area (Å²) in [6, 6.07) is 14.4. The first kappa shape index (κ1) is 23.7. The highest BCUT2D eigenvalue weighted by Crippen LogP contribution is 2.17. The Hall–Kier alpha value is -3.96. The second kappa shape index (κ2) is 10.6. The van der Waals surface area contributed by atoms with E-state index in [2.05, 4.69) is 5.32 Å². The number of esters is 1. The van der Waals surface area contributed by atoms with E-state index in [0.29, 0.717) is 20.4 Å². The van der Waals surface area contributed by atoms with Crippen molar-refractivity contribution in [3.8, 4) is 6.07 Å². The van der Waals surface area contributed by atoms with Crippen LogP contribution in [0.2, 0.25) is 0 Å². The Bertz CT molecular complexity index is 1410. The lowest BCUT2D eigenvalue weighted by Crippen LogP contribution is -2.36. The summed E-state index contributed by atoms with van der Waals surface area (Å²) in [5.41, 5.74) is 3.49. The molecule has 1 heterocycles. The van der Waals surface area contributed by atoms with Crippen LogP contribution in [0.15, 0.2) is 47.3 Å². The van der Waals surface area contributed by atoms with E-state index in [1.165, 1.54) is 10.6 Å². The highest BCUT2D eigenvalue weighted by Gasteiger charge is 2.12. The number of thiazole rings is 1. The number of rotatable bonds is 6. The molecule has 1 aromatic heterocycles. The van der Waals surface area contributed by atoms with E-state index < -0.39 is 11.5 Å². The number of nitrogens with zero attached hydrogens (tertiary/aromatic N) is 2. The van der Waals surface area contributed by atoms with E-state index >= 15 is 0 Å². The first-order valence-corrected chi connectivity index (χ1v) is 11.1. The molecule has 0 spiro atoms. The van der Waals surface area contributed by atoms with Gasteiger partial charge in [0.15, 0.2) is 0 Å². The largest absolute Gasteiger partial charge is 0.463 e. The number of nitrogens with one attached hydrogen (secondary N) is 1. The number of nitriles is 1. The number of benzene rings is 2. The molecule has 0 bridgehead atoms. The molecule has 1 N–H and O–H groups in total. The summed E-state index contributed by atoms with van der Waals surface area (Å²) < 4.78 is 6.91. The van der Waals surface area contributed by atoms with Crippen molar-refractivity contribution in [2.45, 2.75) is 27.3 Å². The maximum absolute atomic E-state index is 13.1. The number of aromatic nitrogens is 1. The molecule has 0 aliphatic rings. The number of carbonyl (C=O) groups is 2. The third kappa shape index (κ3) is 5.84. The smallest absolute Gasteiger partial charge is 0.333 e. The SMILES string of the molecule is CCOC(=O)C=c1sc(=Cc2ccc(C#N)cc2)c(=O)n1CC(=O)Nc1cccc(C)c1C. The summed E-state index contributed by atoms with van der Waals surface area (Å²) in [6.45, 7) is 5.49. The monoisotopic (exact) mass is 461 g/mol. The Kier molecular flexibility index (Phi) is 7.59. The van der Waals surface area contributed by atoms with E-state index in [0.717, 1.165) is 28.0 Å². The number of ether oxygens (including phenoxy) is 1. The molecule has 0 saturated carbocycles. The van der Waals surface area contributed by atoms with Crippen molar-refractivity contribution in [2.75, 3.05) is 11.9 Å². The second-order valence-corrected chi connectivity index (χ2v) is 8.33. The second-order valence-electron chi connectivity index (χ2n) is 7.27. The number of aryl methyl sites for hydroxylation is 1. The topological polar surface area (TPSA) is 101 Å². The first-order valence-electron chi connectivity index (χ1n) is 10.3. The van der Waals surface area contributed by atoms with Crippen molar-refractivity contribution >= 4 is 41.1 Å². The van der Waals surface area contributed by atoms with Crippen LogP contribution in [0.25, 0.3) is 12.2 Å². The van der Waals surface area contributed by atoms with E-state index in [1.54, 1.807) is 43.3 Å². The number of anilines is 1. The van der Waals surface area contributed by atoms with Crippen LogP contribution in [0.3, 0.4) is 0 Å². The van der Waals surface area contributed by atoms with Crippen molar-refractivity contribution in [3.63, 3.8) is 0 Å². The summed E-state index contributed by atoms with van der Waals surface area (Å²) in [6.07, 6.45) is 2.88. The van der Waals surface area contributed by atoms with E-state index in [4.69, 9.17) is 10.00 Å². The Morgan fingerprint density at radius 1 is 1.18 bits per heavy atom. The Balaban J connectivity index is 2.01. The highest BCUT2D eigenvalue weighted by atomic mass is 32.1. The molecule has 3 aromatic rings. The number of hydrogen-bond acceptors (Lipinski definition) is 6. The van der Waals surface area contributed by atoms with Gasteiger partial charge in [0.1, 0.15) is 11.2 Å². The zero-order valence-corrected chi connectivity index (χ0v) is 19.4. The number of carbonyl (C=O) groups excluding carboxylic acids is 2. The van der Waals surface area contributed by atoms with Crippen LogP contribution in [0.5, 0.6) is 0 Å². The van der Waals surface area contributed by atoms with Crippen LogP contribution in [-0.2, 0) is 20.9 Å². The van der Waals surface area contributed by atoms with Gasteiger partial charge in [-0.1, -0.05) is 24.3 Å². The average molecular weight is 462 g/mol. The number of amides is 1. The van der Waals surface area contributed by atoms with Crippen molar-refractivity contribution in [2.24, 2.45) is 0 Å². The predicted molar refractivity (Wildman–Crippen MR) is 128 cm³/mol. The minimum absolute atomic E-state index is 0.197. The standard InChI is InChI=1S/C25H23N3O4S/c1-4-32-24(30)13-23-28(15-22(29)27-20-7-5-6-16(2)17(20)3)25(31)21(33-23)12-18-8-10-19(14-26)11-9-18/h5-13H,4,15H2,1-3H3,(H,27,29). The zero-order valence-electron chi connectivity index (χ0n) is 18.5. The predicted octanol–water partition coefficient (Wildman–Crippen LogP) is 2.21. The molecule has 33 heavy (non-hydrogen) atoms. The molecule has 0 radical (unpaired) electrons. The van der Waals surface area contributed by atoms with Gasteiger partial charge in [0.05, 0.1) is 28.8 Å². The van der Waals surface area contributed by atoms with Crippen LogP contribution < -0.4 is 20.1 Å². The molecule has 0 aliphatic heterocycles. The number of hydrogen-bond donors (Lipinski definition) is 1. The van der Waals surface area contributed by atoms with Gasteiger partial charge in [0, 0.05) is 5.69 Å². The maximum Gasteiger partial charge on any atom is 0.333 e. The molecule has 0 atom stereocenters. The molecule has 0 fully saturated rings. The van der Waals surface area contributed by atoms with E-state index in [9.17, 15) is 14.4 Å². The molecule has 7 nitrogen and oxygen atoms in total. The lowest BCUT2D eigenvalue weighted by Gasteiger charge is -2.10. The van der Waals surface area contributed by atoms with Gasteiger partial charge in [-0.3, -0.25) is 14.2 Å². The van der Waals surface area contributed by atoms with Gasteiger partial charge in [-0.15, -0.1) is 11.3 Å². The summed E-state index contributed by atoms with van der Waals surface area (Å²) in [5, 5.41) is 11.8. The fraction of sp³-hybridized carbons (Fsp3) is 0.200. The zero-order chi connectivity index (χ0) is 24.0. The van der Waals surface area contributed by atoms with Gasteiger partial charge in [0.25, 0.3) is 5.56 Å². The van der Waals surface area contributed by atoms with Crippen molar-refractivity contribution in [1.82, 2.24) is 4.57 Å². The maximum atomic E-state index is 13.1. The minimum atomic E-state index is -0.590. The summed E-state index contributed by atoms with van der Waals surface area (Å²) in [4.78, 5) is 37.9. The van der Waals surface area contributed by atoms with Gasteiger partial charge in [-0.2, -0.15) is 5.26 Å². The highest BCUT2D eigenvalue weighted by molar-refractivity contribution is 7.07. The summed E-state index contributed by atoms with van der Waals surface area (Å²) in [7, 11) is 0. The van der Waals surface area contributed by atoms with Crippen LogP contribution >= 0.6 is 11.3 Å². The van der Waals surface area contributed by atoms with Crippen LogP contribution in [0.4, 0.5) is 5.69 Å². The molecule has 3 rings (SSSR count). The van der Waals surface area contributed by atoms with Gasteiger partial charge in [0.2, 0.25) is 5.91 Å². The van der Waals surface area contributed by atoms with Crippen molar-refractivity contribution < 1.29 is 14.3 Å².